The van der Waals surface area contributed by atoms with Gasteiger partial charge in [0.25, 0.3) is 0 Å². The van der Waals surface area contributed by atoms with Gasteiger partial charge in [-0.25, -0.2) is 0 Å². The molecule has 158 valence electrons. The van der Waals surface area contributed by atoms with Crippen molar-refractivity contribution in [1.82, 2.24) is 9.80 Å². The van der Waals surface area contributed by atoms with Crippen LogP contribution in [0.3, 0.4) is 0 Å². The molecule has 2 unspecified atom stereocenters. The lowest BCUT2D eigenvalue weighted by Crippen LogP contribution is -2.52. The summed E-state index contributed by atoms with van der Waals surface area (Å²) in [6, 6.07) is 17.8. The van der Waals surface area contributed by atoms with E-state index in [1.165, 1.54) is 25.7 Å². The molecule has 4 aliphatic rings. The van der Waals surface area contributed by atoms with E-state index in [-0.39, 0.29) is 0 Å². The molecule has 3 heterocycles. The van der Waals surface area contributed by atoms with Crippen LogP contribution >= 0.6 is 0 Å². The van der Waals surface area contributed by atoms with E-state index < -0.39 is 0 Å². The Bertz CT molecular complexity index is 1050. The summed E-state index contributed by atoms with van der Waals surface area (Å²) < 4.78 is 6.26. The maximum atomic E-state index is 6.26. The minimum Gasteiger partial charge on any atom is -0.457 e. The highest BCUT2D eigenvalue weighted by molar-refractivity contribution is 5.57. The molecular formula is C26H28N4O. The van der Waals surface area contributed by atoms with Crippen LogP contribution in [-0.4, -0.2) is 35.2 Å². The molecule has 0 aromatic heterocycles. The van der Waals surface area contributed by atoms with Crippen LogP contribution in [0.4, 0.5) is 11.4 Å². The number of benzene rings is 2. The first-order valence-electron chi connectivity index (χ1n) is 11.3. The van der Waals surface area contributed by atoms with Gasteiger partial charge in [-0.1, -0.05) is 25.0 Å². The van der Waals surface area contributed by atoms with Gasteiger partial charge in [-0.05, 0) is 49.3 Å². The second kappa shape index (κ2) is 7.73. The largest absolute Gasteiger partial charge is 0.457 e. The number of anilines is 2. The summed E-state index contributed by atoms with van der Waals surface area (Å²) in [5, 5.41) is 0. The van der Waals surface area contributed by atoms with Crippen molar-refractivity contribution in [2.24, 2.45) is 0 Å². The van der Waals surface area contributed by atoms with Crippen molar-refractivity contribution in [2.75, 3.05) is 23.1 Å². The minimum absolute atomic E-state index is 0.493. The quantitative estimate of drug-likeness (QED) is 0.571. The third-order valence-corrected chi connectivity index (χ3v) is 6.80. The maximum absolute atomic E-state index is 6.26. The van der Waals surface area contributed by atoms with Crippen LogP contribution in [-0.2, 0) is 0 Å². The van der Waals surface area contributed by atoms with Crippen molar-refractivity contribution < 1.29 is 4.74 Å². The monoisotopic (exact) mass is 412 g/mol. The molecule has 6 rings (SSSR count). The standard InChI is InChI=1S/C26H28N4O/c1-2-12-26-25(11-1)29-14-4-3-13-27(19-29)21-7-5-9-23(17-21)31-24-10-6-8-22(18-24)28-15-16-30(26)20-28/h3-10,13-18,25-26H,1-2,11-12,19-20H2. The molecule has 2 atom stereocenters. The molecule has 1 fully saturated rings. The van der Waals surface area contributed by atoms with E-state index in [1.807, 2.05) is 12.1 Å². The lowest BCUT2D eigenvalue weighted by molar-refractivity contribution is 0.110. The molecule has 0 radical (unpaired) electrons. The van der Waals surface area contributed by atoms with Crippen molar-refractivity contribution in [3.05, 3.63) is 85.5 Å². The Labute approximate surface area is 184 Å². The van der Waals surface area contributed by atoms with Crippen LogP contribution < -0.4 is 14.5 Å². The van der Waals surface area contributed by atoms with E-state index in [0.29, 0.717) is 12.1 Å². The van der Waals surface area contributed by atoms with Crippen LogP contribution in [0.25, 0.3) is 0 Å². The maximum Gasteiger partial charge on any atom is 0.129 e. The first kappa shape index (κ1) is 18.4. The van der Waals surface area contributed by atoms with Crippen molar-refractivity contribution in [1.29, 1.82) is 0 Å². The molecule has 0 saturated heterocycles. The summed E-state index contributed by atoms with van der Waals surface area (Å²) in [4.78, 5) is 9.71. The molecule has 31 heavy (non-hydrogen) atoms. The Morgan fingerprint density at radius 2 is 1.23 bits per heavy atom. The second-order valence-corrected chi connectivity index (χ2v) is 8.75. The lowest BCUT2D eigenvalue weighted by atomic mass is 9.88. The molecule has 3 aliphatic heterocycles. The van der Waals surface area contributed by atoms with Crippen LogP contribution in [0.2, 0.25) is 0 Å². The van der Waals surface area contributed by atoms with Gasteiger partial charge >= 0.3 is 0 Å². The van der Waals surface area contributed by atoms with Gasteiger partial charge in [0.15, 0.2) is 0 Å². The molecule has 2 aromatic rings. The fourth-order valence-electron chi connectivity index (χ4n) is 5.24. The zero-order valence-corrected chi connectivity index (χ0v) is 17.7. The Hall–Kier alpha value is -3.34. The minimum atomic E-state index is 0.493. The SMILES string of the molecule is C1=CN2CN(C=C1)C1CCCCC1N1C=CN(C1)c1cccc(c1)Oc1cccc2c1. The Morgan fingerprint density at radius 1 is 0.645 bits per heavy atom. The fourth-order valence-corrected chi connectivity index (χ4v) is 5.24. The molecule has 2 aromatic carbocycles. The number of hydrogen-bond acceptors (Lipinski definition) is 5. The molecule has 5 heteroatoms. The normalized spacial score (nSPS) is 24.3. The Balaban J connectivity index is 1.44. The van der Waals surface area contributed by atoms with Gasteiger partial charge in [0.05, 0.1) is 25.4 Å². The second-order valence-electron chi connectivity index (χ2n) is 8.75. The number of hydrogen-bond donors (Lipinski definition) is 0. The summed E-state index contributed by atoms with van der Waals surface area (Å²) >= 11 is 0. The number of fused-ring (bicyclic) bond motifs is 13. The third kappa shape index (κ3) is 3.54. The number of rotatable bonds is 0. The van der Waals surface area contributed by atoms with Crippen molar-refractivity contribution in [3.8, 4) is 11.5 Å². The Kier molecular flexibility index (Phi) is 4.59. The molecule has 0 spiro atoms. The summed E-state index contributed by atoms with van der Waals surface area (Å²) in [7, 11) is 0. The molecular weight excluding hydrogens is 384 g/mol. The highest BCUT2D eigenvalue weighted by Crippen LogP contribution is 2.34. The number of nitrogens with zero attached hydrogens (tertiary/aromatic N) is 4. The third-order valence-electron chi connectivity index (χ3n) is 6.80. The van der Waals surface area contributed by atoms with Crippen molar-refractivity contribution in [3.63, 3.8) is 0 Å². The van der Waals surface area contributed by atoms with E-state index in [2.05, 4.69) is 92.9 Å². The van der Waals surface area contributed by atoms with Gasteiger partial charge in [-0.3, -0.25) is 0 Å². The van der Waals surface area contributed by atoms with E-state index in [4.69, 9.17) is 4.74 Å². The van der Waals surface area contributed by atoms with Gasteiger partial charge in [-0.15, -0.1) is 0 Å². The molecule has 1 aliphatic carbocycles. The Morgan fingerprint density at radius 3 is 1.90 bits per heavy atom. The first-order valence-corrected chi connectivity index (χ1v) is 11.3. The zero-order chi connectivity index (χ0) is 20.6. The first-order chi connectivity index (χ1) is 15.3. The van der Waals surface area contributed by atoms with Crippen LogP contribution in [0.5, 0.6) is 11.5 Å². The highest BCUT2D eigenvalue weighted by Gasteiger charge is 2.35. The van der Waals surface area contributed by atoms with Gasteiger partial charge in [0, 0.05) is 48.3 Å². The topological polar surface area (TPSA) is 22.2 Å². The van der Waals surface area contributed by atoms with Crippen molar-refractivity contribution in [2.45, 2.75) is 37.8 Å². The average Bonchev–Trinajstić information content (AvgIpc) is 3.17. The summed E-state index contributed by atoms with van der Waals surface area (Å²) in [6.45, 7) is 1.73. The van der Waals surface area contributed by atoms with E-state index in [0.717, 1.165) is 36.2 Å². The predicted octanol–water partition coefficient (Wildman–Crippen LogP) is 5.46. The summed E-state index contributed by atoms with van der Waals surface area (Å²) in [5.74, 6) is 1.72. The van der Waals surface area contributed by atoms with Crippen molar-refractivity contribution >= 4 is 11.4 Å². The fraction of sp³-hybridized carbons (Fsp3) is 0.308. The average molecular weight is 413 g/mol. The lowest BCUT2D eigenvalue weighted by Gasteiger charge is -2.44. The van der Waals surface area contributed by atoms with Crippen LogP contribution in [0.15, 0.2) is 85.5 Å². The molecule has 0 N–H and O–H groups in total. The smallest absolute Gasteiger partial charge is 0.129 e. The molecule has 5 nitrogen and oxygen atoms in total. The number of ether oxygens (including phenoxy) is 1. The van der Waals surface area contributed by atoms with E-state index in [9.17, 15) is 0 Å². The summed E-state index contributed by atoms with van der Waals surface area (Å²) in [6.07, 6.45) is 18.3. The highest BCUT2D eigenvalue weighted by atomic mass is 16.5. The van der Waals surface area contributed by atoms with Crippen LogP contribution in [0.1, 0.15) is 25.7 Å². The van der Waals surface area contributed by atoms with Crippen LogP contribution in [0, 0.1) is 0 Å². The predicted molar refractivity (Wildman–Crippen MR) is 125 cm³/mol. The molecule has 8 bridgehead atoms. The summed E-state index contributed by atoms with van der Waals surface area (Å²) in [5.41, 5.74) is 2.31. The van der Waals surface area contributed by atoms with E-state index >= 15 is 0 Å². The van der Waals surface area contributed by atoms with Gasteiger partial charge < -0.3 is 24.3 Å². The van der Waals surface area contributed by atoms with Gasteiger partial charge in [-0.2, -0.15) is 0 Å². The zero-order valence-electron chi connectivity index (χ0n) is 17.7. The number of allylic oxidation sites excluding steroid dienone is 2. The van der Waals surface area contributed by atoms with E-state index in [1.54, 1.807) is 0 Å². The van der Waals surface area contributed by atoms with Gasteiger partial charge in [0.2, 0.25) is 0 Å². The molecule has 0 amide bonds. The molecule has 1 saturated carbocycles. The van der Waals surface area contributed by atoms with Gasteiger partial charge in [0.1, 0.15) is 11.5 Å².